The second-order valence-electron chi connectivity index (χ2n) is 21.6. The smallest absolute Gasteiger partial charge is 0.187 e. The minimum absolute atomic E-state index is 0.0657. The molecule has 9 fully saturated rings. The van der Waals surface area contributed by atoms with Crippen LogP contribution in [0.2, 0.25) is 0 Å². The maximum atomic E-state index is 12.0. The second kappa shape index (κ2) is 17.7. The molecule has 0 amide bonds. The lowest BCUT2D eigenvalue weighted by molar-refractivity contribution is -0.390. The fraction of sp³-hybridized carbons (Fsp3) is 1.00. The van der Waals surface area contributed by atoms with E-state index in [0.717, 1.165) is 44.9 Å². The van der Waals surface area contributed by atoms with Crippen molar-refractivity contribution in [3.05, 3.63) is 0 Å². The van der Waals surface area contributed by atoms with Crippen LogP contribution in [0.4, 0.5) is 0 Å². The van der Waals surface area contributed by atoms with Crippen LogP contribution in [-0.2, 0) is 37.9 Å². The first-order valence-electron chi connectivity index (χ1n) is 23.8. The van der Waals surface area contributed by atoms with E-state index in [9.17, 15) is 51.1 Å². The maximum absolute atomic E-state index is 12.0. The number of rotatable bonds is 8. The van der Waals surface area contributed by atoms with E-state index in [4.69, 9.17) is 37.9 Å². The lowest BCUT2D eigenvalue weighted by atomic mass is 9.44. The van der Waals surface area contributed by atoms with Crippen LogP contribution in [0, 0.1) is 52.3 Å². The number of ether oxygens (including phenoxy) is 8. The maximum Gasteiger partial charge on any atom is 0.187 e. The lowest BCUT2D eigenvalue weighted by Crippen LogP contribution is -2.67. The van der Waals surface area contributed by atoms with Gasteiger partial charge in [0, 0.05) is 18.3 Å². The largest absolute Gasteiger partial charge is 0.394 e. The Bertz CT molecular complexity index is 1590. The minimum atomic E-state index is -1.82. The topological polar surface area (TPSA) is 276 Å². The first-order chi connectivity index (χ1) is 29.8. The van der Waals surface area contributed by atoms with Crippen molar-refractivity contribution in [3.63, 3.8) is 0 Å². The fourth-order valence-corrected chi connectivity index (χ4v) is 14.6. The molecule has 10 N–H and O–H groups in total. The third-order valence-corrected chi connectivity index (χ3v) is 18.4. The Hall–Kier alpha value is -0.720. The molecule has 5 saturated heterocycles. The van der Waals surface area contributed by atoms with Crippen molar-refractivity contribution in [2.75, 3.05) is 19.8 Å². The molecule has 1 spiro atoms. The molecular weight excluding hydrogens is 828 g/mol. The summed E-state index contributed by atoms with van der Waals surface area (Å²) in [6, 6.07) is 0. The van der Waals surface area contributed by atoms with Crippen LogP contribution < -0.4 is 0 Å². The highest BCUT2D eigenvalue weighted by Crippen LogP contribution is 2.71. The third kappa shape index (κ3) is 7.79. The van der Waals surface area contributed by atoms with Gasteiger partial charge in [-0.15, -0.1) is 0 Å². The Morgan fingerprint density at radius 2 is 1.25 bits per heavy atom. The van der Waals surface area contributed by atoms with Crippen LogP contribution in [0.1, 0.15) is 92.4 Å². The third-order valence-electron chi connectivity index (χ3n) is 18.4. The van der Waals surface area contributed by atoms with E-state index in [1.165, 1.54) is 6.92 Å². The Balaban J connectivity index is 0.898. The first kappa shape index (κ1) is 47.4. The molecule has 0 bridgehead atoms. The van der Waals surface area contributed by atoms with Crippen LogP contribution in [0.15, 0.2) is 0 Å². The Kier molecular flexibility index (Phi) is 13.3. The molecule has 18 nitrogen and oxygen atoms in total. The molecule has 362 valence electrons. The summed E-state index contributed by atoms with van der Waals surface area (Å²) in [5.41, 5.74) is 0.190. The van der Waals surface area contributed by atoms with Gasteiger partial charge in [-0.25, -0.2) is 0 Å². The molecule has 0 aromatic heterocycles. The van der Waals surface area contributed by atoms with Crippen molar-refractivity contribution >= 4 is 0 Å². The molecule has 4 aliphatic carbocycles. The summed E-state index contributed by atoms with van der Waals surface area (Å²) in [7, 11) is 0. The van der Waals surface area contributed by atoms with E-state index in [1.54, 1.807) is 0 Å². The van der Waals surface area contributed by atoms with Gasteiger partial charge in [-0.1, -0.05) is 27.7 Å². The molecule has 5 aliphatic heterocycles. The highest BCUT2D eigenvalue weighted by Gasteiger charge is 2.70. The van der Waals surface area contributed by atoms with Crippen LogP contribution in [0.25, 0.3) is 0 Å². The highest BCUT2D eigenvalue weighted by molar-refractivity contribution is 5.16. The number of aliphatic hydroxyl groups excluding tert-OH is 10. The summed E-state index contributed by atoms with van der Waals surface area (Å²) in [6.07, 6.45) is -15.3. The quantitative estimate of drug-likeness (QED) is 0.134. The van der Waals surface area contributed by atoms with Crippen LogP contribution in [0.5, 0.6) is 0 Å². The van der Waals surface area contributed by atoms with E-state index in [1.807, 2.05) is 6.92 Å². The zero-order valence-corrected chi connectivity index (χ0v) is 37.2. The molecule has 63 heavy (non-hydrogen) atoms. The predicted octanol–water partition coefficient (Wildman–Crippen LogP) is -0.735. The van der Waals surface area contributed by atoms with Crippen molar-refractivity contribution in [3.8, 4) is 0 Å². The molecular formula is C45H74O18. The van der Waals surface area contributed by atoms with E-state index < -0.39 is 117 Å². The molecule has 28 unspecified atom stereocenters. The average molecular weight is 903 g/mol. The Labute approximate surface area is 369 Å². The second-order valence-corrected chi connectivity index (χ2v) is 21.6. The minimum Gasteiger partial charge on any atom is -0.394 e. The molecule has 0 aromatic rings. The molecule has 5 heterocycles. The van der Waals surface area contributed by atoms with Crippen LogP contribution >= 0.6 is 0 Å². The first-order valence-corrected chi connectivity index (χ1v) is 23.8. The summed E-state index contributed by atoms with van der Waals surface area (Å²) in [6.45, 7) is 9.86. The normalized spacial score (nSPS) is 59.4. The zero-order chi connectivity index (χ0) is 45.1. The summed E-state index contributed by atoms with van der Waals surface area (Å²) in [5.74, 6) is 1.92. The van der Waals surface area contributed by atoms with Gasteiger partial charge in [-0.2, -0.15) is 0 Å². The van der Waals surface area contributed by atoms with Gasteiger partial charge in [-0.3, -0.25) is 0 Å². The predicted molar refractivity (Wildman–Crippen MR) is 216 cm³/mol. The number of fused-ring (bicyclic) bond motifs is 7. The van der Waals surface area contributed by atoms with Crippen molar-refractivity contribution in [1.29, 1.82) is 0 Å². The summed E-state index contributed by atoms with van der Waals surface area (Å²) < 4.78 is 49.8. The van der Waals surface area contributed by atoms with Crippen molar-refractivity contribution < 1.29 is 89.0 Å². The van der Waals surface area contributed by atoms with Crippen molar-refractivity contribution in [2.45, 2.75) is 209 Å². The lowest BCUT2D eigenvalue weighted by Gasteiger charge is -2.61. The highest BCUT2D eigenvalue weighted by atomic mass is 16.8. The molecule has 18 heteroatoms. The zero-order valence-electron chi connectivity index (χ0n) is 37.2. The molecule has 0 aromatic carbocycles. The van der Waals surface area contributed by atoms with Gasteiger partial charge in [0.05, 0.1) is 44.2 Å². The summed E-state index contributed by atoms with van der Waals surface area (Å²) in [4.78, 5) is 0. The monoisotopic (exact) mass is 902 g/mol. The molecule has 9 aliphatic rings. The Morgan fingerprint density at radius 1 is 0.603 bits per heavy atom. The van der Waals surface area contributed by atoms with Gasteiger partial charge >= 0.3 is 0 Å². The van der Waals surface area contributed by atoms with Crippen LogP contribution in [-0.4, -0.2) is 187 Å². The number of hydrogen-bond donors (Lipinski definition) is 10. The van der Waals surface area contributed by atoms with Gasteiger partial charge in [-0.05, 0) is 98.7 Å². The van der Waals surface area contributed by atoms with E-state index in [0.29, 0.717) is 49.0 Å². The molecule has 0 radical (unpaired) electrons. The summed E-state index contributed by atoms with van der Waals surface area (Å²) >= 11 is 0. The van der Waals surface area contributed by atoms with Gasteiger partial charge < -0.3 is 89.0 Å². The average Bonchev–Trinajstić information content (AvgIpc) is 3.70. The van der Waals surface area contributed by atoms with Gasteiger partial charge in [0.25, 0.3) is 0 Å². The van der Waals surface area contributed by atoms with E-state index >= 15 is 0 Å². The van der Waals surface area contributed by atoms with Gasteiger partial charge in [0.15, 0.2) is 24.7 Å². The summed E-state index contributed by atoms with van der Waals surface area (Å²) in [5, 5.41) is 107. The Morgan fingerprint density at radius 3 is 1.95 bits per heavy atom. The number of aliphatic hydroxyl groups is 10. The van der Waals surface area contributed by atoms with Gasteiger partial charge in [0.1, 0.15) is 67.1 Å². The van der Waals surface area contributed by atoms with Gasteiger partial charge in [0.2, 0.25) is 0 Å². The molecule has 28 atom stereocenters. The standard InChI is InChI=1S/C45H74O18/c1-18-17-56-45(14-26(18)48)19(2)30-27(63-45)13-25-23-7-6-21-12-22(8-10-43(21,4)24(23)9-11-44(25,30)5)58-42-39(62-40-35(53)33(51)31(49)20(3)57-40)37(55)38(29(16-47)60-42)61-41-36(54)34(52)32(50)28(15-46)59-41/h18-42,46-55H,6-17H2,1-5H3. The van der Waals surface area contributed by atoms with E-state index in [2.05, 4.69) is 20.8 Å². The van der Waals surface area contributed by atoms with E-state index in [-0.39, 0.29) is 34.9 Å². The number of hydrogen-bond acceptors (Lipinski definition) is 18. The fourth-order valence-electron chi connectivity index (χ4n) is 14.6. The van der Waals surface area contributed by atoms with Crippen molar-refractivity contribution in [2.24, 2.45) is 52.3 Å². The van der Waals surface area contributed by atoms with Crippen molar-refractivity contribution in [1.82, 2.24) is 0 Å². The van der Waals surface area contributed by atoms with Crippen LogP contribution in [0.3, 0.4) is 0 Å². The molecule has 9 rings (SSSR count). The molecule has 4 saturated carbocycles. The SMILES string of the molecule is CC1COC2(CC1O)OC1CC3C4CCC5CC(OC6OC(CO)C(OC7OC(CO)C(O)C(O)C7O)C(O)C6OC6OC(C)C(O)C(O)C6O)CCC5(C)C4CCC3(C)C1C2C.